The molecule has 1 atom stereocenters. The van der Waals surface area contributed by atoms with E-state index in [2.05, 4.69) is 36.6 Å². The molecule has 2 aromatic carbocycles. The first kappa shape index (κ1) is 30.3. The molecule has 0 aliphatic heterocycles. The maximum atomic E-state index is 13.5. The van der Waals surface area contributed by atoms with E-state index < -0.39 is 11.7 Å². The predicted molar refractivity (Wildman–Crippen MR) is 150 cm³/mol. The minimum Gasteiger partial charge on any atom is -0.402 e. The van der Waals surface area contributed by atoms with Gasteiger partial charge in [0.1, 0.15) is 0 Å². The third-order valence-electron chi connectivity index (χ3n) is 6.64. The van der Waals surface area contributed by atoms with Gasteiger partial charge in [-0.05, 0) is 67.9 Å². The molecule has 3 nitrogen and oxygen atoms in total. The van der Waals surface area contributed by atoms with Gasteiger partial charge in [0.25, 0.3) is 0 Å². The second-order valence-electron chi connectivity index (χ2n) is 9.38. The van der Waals surface area contributed by atoms with Crippen LogP contribution in [0.15, 0.2) is 72.1 Å². The zero-order valence-electron chi connectivity index (χ0n) is 22.8. The molecule has 0 aromatic heterocycles. The van der Waals surface area contributed by atoms with Crippen molar-refractivity contribution < 1.29 is 13.2 Å². The van der Waals surface area contributed by atoms with E-state index in [4.69, 9.17) is 5.73 Å². The Morgan fingerprint density at radius 2 is 1.68 bits per heavy atom. The summed E-state index contributed by atoms with van der Waals surface area (Å²) in [6, 6.07) is 13.8. The average molecular weight is 516 g/mol. The number of nitrogens with two attached hydrogens (primary N) is 1. The van der Waals surface area contributed by atoms with E-state index in [0.717, 1.165) is 67.4 Å². The van der Waals surface area contributed by atoms with Crippen molar-refractivity contribution >= 4 is 5.69 Å². The fourth-order valence-corrected chi connectivity index (χ4v) is 4.71. The van der Waals surface area contributed by atoms with Gasteiger partial charge in [-0.25, -0.2) is 0 Å². The van der Waals surface area contributed by atoms with Gasteiger partial charge >= 0.3 is 6.18 Å². The minimum atomic E-state index is -4.38. The SMILES string of the molecule is CC.CCCNc1ccccc1C(C)NC(/C=C(\N)C1CCCCC1)=C/Cc1ccccc1C(F)(F)F. The molecule has 0 heterocycles. The molecule has 1 aliphatic carbocycles. The number of para-hydroxylation sites is 1. The van der Waals surface area contributed by atoms with E-state index in [9.17, 15) is 13.2 Å². The first-order chi connectivity index (χ1) is 17.8. The van der Waals surface area contributed by atoms with Gasteiger partial charge in [-0.15, -0.1) is 0 Å². The minimum absolute atomic E-state index is 0.0601. The van der Waals surface area contributed by atoms with Crippen molar-refractivity contribution in [2.24, 2.45) is 11.7 Å². The fraction of sp³-hybridized carbons (Fsp3) is 0.484. The smallest absolute Gasteiger partial charge is 0.402 e. The van der Waals surface area contributed by atoms with Crippen LogP contribution in [0.1, 0.15) is 89.0 Å². The van der Waals surface area contributed by atoms with Crippen LogP contribution in [0.25, 0.3) is 0 Å². The van der Waals surface area contributed by atoms with Crippen LogP contribution in [0.4, 0.5) is 18.9 Å². The highest BCUT2D eigenvalue weighted by molar-refractivity contribution is 5.52. The van der Waals surface area contributed by atoms with Crippen molar-refractivity contribution in [1.82, 2.24) is 5.32 Å². The van der Waals surface area contributed by atoms with E-state index in [1.165, 1.54) is 12.5 Å². The number of halogens is 3. The Balaban J connectivity index is 0.00000235. The van der Waals surface area contributed by atoms with Gasteiger partial charge in [-0.2, -0.15) is 13.2 Å². The monoisotopic (exact) mass is 515 g/mol. The van der Waals surface area contributed by atoms with Crippen LogP contribution < -0.4 is 16.4 Å². The molecule has 1 fully saturated rings. The second-order valence-corrected chi connectivity index (χ2v) is 9.38. The Bertz CT molecular complexity index is 1000. The van der Waals surface area contributed by atoms with Crippen LogP contribution in [0.3, 0.4) is 0 Å². The Kier molecular flexibility index (Phi) is 12.6. The highest BCUT2D eigenvalue weighted by Gasteiger charge is 2.32. The first-order valence-electron chi connectivity index (χ1n) is 13.7. The topological polar surface area (TPSA) is 50.1 Å². The van der Waals surface area contributed by atoms with Crippen LogP contribution in [0.2, 0.25) is 0 Å². The molecule has 1 unspecified atom stereocenters. The number of hydrogen-bond acceptors (Lipinski definition) is 3. The number of nitrogens with one attached hydrogen (secondary N) is 2. The lowest BCUT2D eigenvalue weighted by molar-refractivity contribution is -0.138. The van der Waals surface area contributed by atoms with Gasteiger partial charge in [0.15, 0.2) is 0 Å². The summed E-state index contributed by atoms with van der Waals surface area (Å²) in [6.45, 7) is 9.06. The maximum Gasteiger partial charge on any atom is 0.416 e. The Morgan fingerprint density at radius 1 is 1.03 bits per heavy atom. The fourth-order valence-electron chi connectivity index (χ4n) is 4.71. The normalized spacial score (nSPS) is 16.0. The molecule has 204 valence electrons. The van der Waals surface area contributed by atoms with Crippen LogP contribution in [-0.4, -0.2) is 6.54 Å². The van der Waals surface area contributed by atoms with E-state index in [1.54, 1.807) is 12.1 Å². The molecule has 0 bridgehead atoms. The Hall–Kier alpha value is -2.89. The van der Waals surface area contributed by atoms with Crippen molar-refractivity contribution in [2.45, 2.75) is 84.9 Å². The lowest BCUT2D eigenvalue weighted by Crippen LogP contribution is -2.22. The summed E-state index contributed by atoms with van der Waals surface area (Å²) in [6.07, 6.45) is 6.25. The summed E-state index contributed by atoms with van der Waals surface area (Å²) in [5.74, 6) is 0.324. The summed E-state index contributed by atoms with van der Waals surface area (Å²) >= 11 is 0. The first-order valence-corrected chi connectivity index (χ1v) is 13.7. The lowest BCUT2D eigenvalue weighted by atomic mass is 9.86. The van der Waals surface area contributed by atoms with Gasteiger partial charge in [0.05, 0.1) is 11.6 Å². The zero-order chi connectivity index (χ0) is 27.3. The molecule has 1 saturated carbocycles. The summed E-state index contributed by atoms with van der Waals surface area (Å²) in [5, 5.41) is 7.00. The molecule has 1 aliphatic rings. The molecular formula is C31H44F3N3. The largest absolute Gasteiger partial charge is 0.416 e. The van der Waals surface area contributed by atoms with E-state index in [-0.39, 0.29) is 18.0 Å². The predicted octanol–water partition coefficient (Wildman–Crippen LogP) is 8.75. The van der Waals surface area contributed by atoms with E-state index in [1.807, 2.05) is 38.1 Å². The number of rotatable bonds is 10. The highest BCUT2D eigenvalue weighted by Crippen LogP contribution is 2.33. The zero-order valence-corrected chi connectivity index (χ0v) is 22.8. The summed E-state index contributed by atoms with van der Waals surface area (Å²) in [7, 11) is 0. The molecule has 4 N–H and O–H groups in total. The van der Waals surface area contributed by atoms with Crippen LogP contribution in [0.5, 0.6) is 0 Å². The van der Waals surface area contributed by atoms with Gasteiger partial charge in [0, 0.05) is 23.6 Å². The number of benzene rings is 2. The van der Waals surface area contributed by atoms with Crippen molar-refractivity contribution in [2.75, 3.05) is 11.9 Å². The standard InChI is InChI=1S/C29H38F3N3.C2H6/c1-3-19-34-28-16-10-8-14-25(28)21(2)35-24(20-27(33)23-12-5-4-6-13-23)18-17-22-11-7-9-15-26(22)29(30,31)32;1-2/h7-11,14-16,18,20-21,23,34-35H,3-6,12-13,17,19,33H2,1-2H3;1-2H3/b24-18+,27-20-;. The molecule has 6 heteroatoms. The van der Waals surface area contributed by atoms with Crippen LogP contribution >= 0.6 is 0 Å². The van der Waals surface area contributed by atoms with Crippen molar-refractivity contribution in [3.63, 3.8) is 0 Å². The summed E-state index contributed by atoms with van der Waals surface area (Å²) in [4.78, 5) is 0. The van der Waals surface area contributed by atoms with Crippen LogP contribution in [0, 0.1) is 5.92 Å². The molecule has 0 spiro atoms. The van der Waals surface area contributed by atoms with Crippen molar-refractivity contribution in [1.29, 1.82) is 0 Å². The van der Waals surface area contributed by atoms with Crippen molar-refractivity contribution in [3.05, 3.63) is 88.8 Å². The van der Waals surface area contributed by atoms with Crippen LogP contribution in [-0.2, 0) is 12.6 Å². The Labute approximate surface area is 221 Å². The highest BCUT2D eigenvalue weighted by atomic mass is 19.4. The number of hydrogen-bond donors (Lipinski definition) is 3. The molecular weight excluding hydrogens is 471 g/mol. The number of alkyl halides is 3. The maximum absolute atomic E-state index is 13.5. The quantitative estimate of drug-likeness (QED) is 0.277. The molecule has 37 heavy (non-hydrogen) atoms. The molecule has 0 saturated heterocycles. The van der Waals surface area contributed by atoms with Gasteiger partial charge in [-0.1, -0.05) is 82.5 Å². The number of anilines is 1. The van der Waals surface area contributed by atoms with Gasteiger partial charge in [-0.3, -0.25) is 0 Å². The average Bonchev–Trinajstić information content (AvgIpc) is 2.92. The van der Waals surface area contributed by atoms with Crippen molar-refractivity contribution in [3.8, 4) is 0 Å². The molecule has 3 rings (SSSR count). The summed E-state index contributed by atoms with van der Waals surface area (Å²) < 4.78 is 40.6. The van der Waals surface area contributed by atoms with Gasteiger partial charge < -0.3 is 16.4 Å². The molecule has 0 radical (unpaired) electrons. The molecule has 0 amide bonds. The lowest BCUT2D eigenvalue weighted by Gasteiger charge is -2.24. The molecule has 2 aromatic rings. The van der Waals surface area contributed by atoms with E-state index in [0.29, 0.717) is 5.92 Å². The third kappa shape index (κ3) is 9.49. The van der Waals surface area contributed by atoms with E-state index >= 15 is 0 Å². The summed E-state index contributed by atoms with van der Waals surface area (Å²) in [5.41, 5.74) is 9.89. The third-order valence-corrected chi connectivity index (χ3v) is 6.64. The van der Waals surface area contributed by atoms with Gasteiger partial charge in [0.2, 0.25) is 0 Å². The second kappa shape index (κ2) is 15.4. The number of allylic oxidation sites excluding steroid dienone is 3. The Morgan fingerprint density at radius 3 is 2.35 bits per heavy atom.